The van der Waals surface area contributed by atoms with Crippen molar-refractivity contribution in [2.75, 3.05) is 26.2 Å². The third-order valence-corrected chi connectivity index (χ3v) is 4.51. The SMILES string of the molecule is Cl.NCCCOC1CCN(C(=O)Cc2cnn(-c3ccccc3)c2)CC1. The molecule has 142 valence electrons. The second-order valence-corrected chi connectivity index (χ2v) is 6.40. The summed E-state index contributed by atoms with van der Waals surface area (Å²) in [6.45, 7) is 2.90. The van der Waals surface area contributed by atoms with Gasteiger partial charge in [0.25, 0.3) is 0 Å². The van der Waals surface area contributed by atoms with E-state index >= 15 is 0 Å². The average Bonchev–Trinajstić information content (AvgIpc) is 3.12. The lowest BCUT2D eigenvalue weighted by Gasteiger charge is -2.32. The normalized spacial score (nSPS) is 14.9. The van der Waals surface area contributed by atoms with E-state index in [1.165, 1.54) is 0 Å². The molecular formula is C19H27ClN4O2. The van der Waals surface area contributed by atoms with E-state index in [9.17, 15) is 4.79 Å². The zero-order chi connectivity index (χ0) is 17.5. The second kappa shape index (κ2) is 10.3. The third kappa shape index (κ3) is 5.56. The number of likely N-dealkylation sites (tertiary alicyclic amines) is 1. The Bertz CT molecular complexity index is 669. The molecule has 1 aromatic carbocycles. The van der Waals surface area contributed by atoms with Gasteiger partial charge in [-0.25, -0.2) is 4.68 Å². The lowest BCUT2D eigenvalue weighted by molar-refractivity contribution is -0.133. The molecule has 1 aliphatic rings. The van der Waals surface area contributed by atoms with Crippen LogP contribution in [0, 0.1) is 0 Å². The van der Waals surface area contributed by atoms with Gasteiger partial charge in [0.1, 0.15) is 0 Å². The lowest BCUT2D eigenvalue weighted by Crippen LogP contribution is -2.41. The van der Waals surface area contributed by atoms with Gasteiger partial charge < -0.3 is 15.4 Å². The fourth-order valence-electron chi connectivity index (χ4n) is 3.06. The molecule has 0 aliphatic carbocycles. The highest BCUT2D eigenvalue weighted by molar-refractivity contribution is 5.85. The smallest absolute Gasteiger partial charge is 0.227 e. The molecule has 26 heavy (non-hydrogen) atoms. The summed E-state index contributed by atoms with van der Waals surface area (Å²) < 4.78 is 7.60. The second-order valence-electron chi connectivity index (χ2n) is 6.40. The van der Waals surface area contributed by atoms with Crippen LogP contribution in [0.25, 0.3) is 5.69 Å². The first kappa shape index (κ1) is 20.4. The third-order valence-electron chi connectivity index (χ3n) is 4.51. The summed E-state index contributed by atoms with van der Waals surface area (Å²) in [5, 5.41) is 4.35. The molecule has 1 saturated heterocycles. The number of ether oxygens (including phenoxy) is 1. The van der Waals surface area contributed by atoms with Crippen LogP contribution in [0.15, 0.2) is 42.7 Å². The van der Waals surface area contributed by atoms with Gasteiger partial charge in [-0.15, -0.1) is 12.4 Å². The van der Waals surface area contributed by atoms with Crippen molar-refractivity contribution in [1.29, 1.82) is 0 Å². The van der Waals surface area contributed by atoms with Gasteiger partial charge in [0, 0.05) is 25.9 Å². The maximum absolute atomic E-state index is 12.5. The molecule has 0 spiro atoms. The first-order chi connectivity index (χ1) is 12.3. The maximum atomic E-state index is 12.5. The molecule has 1 amide bonds. The maximum Gasteiger partial charge on any atom is 0.227 e. The number of amides is 1. The summed E-state index contributed by atoms with van der Waals surface area (Å²) >= 11 is 0. The predicted octanol–water partition coefficient (Wildman–Crippen LogP) is 2.19. The van der Waals surface area contributed by atoms with Crippen molar-refractivity contribution in [1.82, 2.24) is 14.7 Å². The minimum absolute atomic E-state index is 0. The minimum atomic E-state index is 0. The number of nitrogens with zero attached hydrogens (tertiary/aromatic N) is 3. The molecule has 2 N–H and O–H groups in total. The first-order valence-corrected chi connectivity index (χ1v) is 8.94. The topological polar surface area (TPSA) is 73.4 Å². The summed E-state index contributed by atoms with van der Waals surface area (Å²) in [4.78, 5) is 14.4. The molecule has 0 radical (unpaired) electrons. The quantitative estimate of drug-likeness (QED) is 0.749. The number of carbonyl (C=O) groups excluding carboxylic acids is 1. The number of hydrogen-bond acceptors (Lipinski definition) is 4. The van der Waals surface area contributed by atoms with E-state index in [0.717, 1.165) is 43.6 Å². The molecule has 7 heteroatoms. The fraction of sp³-hybridized carbons (Fsp3) is 0.474. The molecule has 0 atom stereocenters. The fourth-order valence-corrected chi connectivity index (χ4v) is 3.06. The monoisotopic (exact) mass is 378 g/mol. The highest BCUT2D eigenvalue weighted by Gasteiger charge is 2.23. The standard InChI is InChI=1S/C19H26N4O2.ClH/c20-9-4-12-25-18-7-10-22(11-8-18)19(24)13-16-14-21-23(15-16)17-5-2-1-3-6-17;/h1-3,5-6,14-15,18H,4,7-13,20H2;1H. The summed E-state index contributed by atoms with van der Waals surface area (Å²) in [6, 6.07) is 9.91. The van der Waals surface area contributed by atoms with Crippen LogP contribution in [0.3, 0.4) is 0 Å². The average molecular weight is 379 g/mol. The van der Waals surface area contributed by atoms with E-state index < -0.39 is 0 Å². The summed E-state index contributed by atoms with van der Waals surface area (Å²) in [5.41, 5.74) is 7.42. The van der Waals surface area contributed by atoms with Gasteiger partial charge in [-0.2, -0.15) is 5.10 Å². The minimum Gasteiger partial charge on any atom is -0.378 e. The number of hydrogen-bond donors (Lipinski definition) is 1. The van der Waals surface area contributed by atoms with Gasteiger partial charge in [0.05, 0.1) is 24.4 Å². The molecule has 6 nitrogen and oxygen atoms in total. The van der Waals surface area contributed by atoms with Crippen molar-refractivity contribution >= 4 is 18.3 Å². The molecular weight excluding hydrogens is 352 g/mol. The van der Waals surface area contributed by atoms with Gasteiger partial charge in [0.2, 0.25) is 5.91 Å². The number of carbonyl (C=O) groups is 1. The van der Waals surface area contributed by atoms with Crippen molar-refractivity contribution in [3.8, 4) is 5.69 Å². The Morgan fingerprint density at radius 3 is 2.65 bits per heavy atom. The molecule has 2 aromatic rings. The van der Waals surface area contributed by atoms with Gasteiger partial charge >= 0.3 is 0 Å². The number of halogens is 1. The summed E-state index contributed by atoms with van der Waals surface area (Å²) in [5.74, 6) is 0.160. The van der Waals surface area contributed by atoms with E-state index in [4.69, 9.17) is 10.5 Å². The summed E-state index contributed by atoms with van der Waals surface area (Å²) in [6.07, 6.45) is 7.05. The van der Waals surface area contributed by atoms with Crippen molar-refractivity contribution in [2.45, 2.75) is 31.8 Å². The Kier molecular flexibility index (Phi) is 8.09. The van der Waals surface area contributed by atoms with Crippen LogP contribution >= 0.6 is 12.4 Å². The van der Waals surface area contributed by atoms with Crippen LogP contribution < -0.4 is 5.73 Å². The van der Waals surface area contributed by atoms with Gasteiger partial charge in [0.15, 0.2) is 0 Å². The number of benzene rings is 1. The van der Waals surface area contributed by atoms with E-state index in [0.29, 0.717) is 19.6 Å². The van der Waals surface area contributed by atoms with Crippen LogP contribution in [-0.2, 0) is 16.0 Å². The van der Waals surface area contributed by atoms with Crippen LogP contribution in [-0.4, -0.2) is 52.9 Å². The molecule has 0 unspecified atom stereocenters. The summed E-state index contributed by atoms with van der Waals surface area (Å²) in [7, 11) is 0. The number of para-hydroxylation sites is 1. The number of piperidine rings is 1. The van der Waals surface area contributed by atoms with Crippen molar-refractivity contribution in [3.63, 3.8) is 0 Å². The molecule has 2 heterocycles. The van der Waals surface area contributed by atoms with Crippen LogP contribution in [0.1, 0.15) is 24.8 Å². The van der Waals surface area contributed by atoms with E-state index in [-0.39, 0.29) is 24.4 Å². The first-order valence-electron chi connectivity index (χ1n) is 8.94. The zero-order valence-electron chi connectivity index (χ0n) is 14.9. The Hall–Kier alpha value is -1.89. The van der Waals surface area contributed by atoms with E-state index in [2.05, 4.69) is 5.10 Å². The highest BCUT2D eigenvalue weighted by Crippen LogP contribution is 2.16. The number of nitrogens with two attached hydrogens (primary N) is 1. The number of aromatic nitrogens is 2. The van der Waals surface area contributed by atoms with Crippen molar-refractivity contribution in [3.05, 3.63) is 48.3 Å². The Balaban J connectivity index is 0.00000243. The molecule has 1 aliphatic heterocycles. The Labute approximate surface area is 160 Å². The number of rotatable bonds is 7. The molecule has 1 aromatic heterocycles. The highest BCUT2D eigenvalue weighted by atomic mass is 35.5. The molecule has 3 rings (SSSR count). The van der Waals surface area contributed by atoms with Crippen molar-refractivity contribution in [2.24, 2.45) is 5.73 Å². The predicted molar refractivity (Wildman–Crippen MR) is 104 cm³/mol. The van der Waals surface area contributed by atoms with Crippen LogP contribution in [0.5, 0.6) is 0 Å². The largest absolute Gasteiger partial charge is 0.378 e. The van der Waals surface area contributed by atoms with E-state index in [1.54, 1.807) is 10.9 Å². The Morgan fingerprint density at radius 1 is 1.23 bits per heavy atom. The Morgan fingerprint density at radius 2 is 1.96 bits per heavy atom. The molecule has 0 saturated carbocycles. The zero-order valence-corrected chi connectivity index (χ0v) is 15.7. The van der Waals surface area contributed by atoms with E-state index in [1.807, 2.05) is 41.4 Å². The van der Waals surface area contributed by atoms with Crippen LogP contribution in [0.2, 0.25) is 0 Å². The van der Waals surface area contributed by atoms with Gasteiger partial charge in [-0.05, 0) is 43.5 Å². The molecule has 1 fully saturated rings. The van der Waals surface area contributed by atoms with Gasteiger partial charge in [-0.1, -0.05) is 18.2 Å². The molecule has 0 bridgehead atoms. The van der Waals surface area contributed by atoms with Crippen LogP contribution in [0.4, 0.5) is 0 Å². The van der Waals surface area contributed by atoms with Crippen molar-refractivity contribution < 1.29 is 9.53 Å². The lowest BCUT2D eigenvalue weighted by atomic mass is 10.1. The van der Waals surface area contributed by atoms with Gasteiger partial charge in [-0.3, -0.25) is 4.79 Å².